The quantitative estimate of drug-likeness (QED) is 0.855. The van der Waals surface area contributed by atoms with E-state index in [9.17, 15) is 9.59 Å². The Morgan fingerprint density at radius 2 is 1.71 bits per heavy atom. The molecule has 2 rings (SSSR count). The molecule has 0 unspecified atom stereocenters. The first kappa shape index (κ1) is 18.3. The van der Waals surface area contributed by atoms with Crippen LogP contribution >= 0.6 is 0 Å². The number of methoxy groups -OCH3 is 1. The molecule has 1 heterocycles. The summed E-state index contributed by atoms with van der Waals surface area (Å²) in [6.45, 7) is 10.3. The number of carbonyl (C=O) groups is 2. The van der Waals surface area contributed by atoms with Gasteiger partial charge in [-0.25, -0.2) is 0 Å². The van der Waals surface area contributed by atoms with Crippen LogP contribution in [0.2, 0.25) is 0 Å². The van der Waals surface area contributed by atoms with E-state index in [1.54, 1.807) is 14.0 Å². The number of benzene rings is 1. The molecule has 2 amide bonds. The van der Waals surface area contributed by atoms with E-state index in [2.05, 4.69) is 13.8 Å². The summed E-state index contributed by atoms with van der Waals surface area (Å²) in [6.07, 6.45) is 0.817. The maximum Gasteiger partial charge on any atom is 0.254 e. The molecule has 0 aliphatic carbocycles. The molecule has 0 N–H and O–H groups in total. The van der Waals surface area contributed by atoms with E-state index in [4.69, 9.17) is 4.74 Å². The Labute approximate surface area is 144 Å². The highest BCUT2D eigenvalue weighted by Crippen LogP contribution is 2.30. The molecule has 5 nitrogen and oxygen atoms in total. The van der Waals surface area contributed by atoms with Gasteiger partial charge in [0.1, 0.15) is 5.75 Å². The number of carbonyl (C=O) groups excluding carboxylic acids is 2. The molecule has 1 saturated heterocycles. The molecule has 0 saturated carbocycles. The smallest absolute Gasteiger partial charge is 0.254 e. The fourth-order valence-corrected chi connectivity index (χ4v) is 3.16. The van der Waals surface area contributed by atoms with E-state index >= 15 is 0 Å². The van der Waals surface area contributed by atoms with Crippen LogP contribution in [-0.2, 0) is 4.79 Å². The Balaban J connectivity index is 2.26. The Morgan fingerprint density at radius 3 is 2.29 bits per heavy atom. The van der Waals surface area contributed by atoms with Gasteiger partial charge in [0.15, 0.2) is 0 Å². The van der Waals surface area contributed by atoms with E-state index in [1.165, 1.54) is 0 Å². The van der Waals surface area contributed by atoms with Gasteiger partial charge in [-0.15, -0.1) is 0 Å². The maximum atomic E-state index is 13.0. The van der Waals surface area contributed by atoms with Crippen molar-refractivity contribution in [2.45, 2.75) is 40.0 Å². The molecule has 1 fully saturated rings. The Bertz CT molecular complexity index is 625. The van der Waals surface area contributed by atoms with Crippen LogP contribution in [0.3, 0.4) is 0 Å². The van der Waals surface area contributed by atoms with Gasteiger partial charge >= 0.3 is 0 Å². The number of ether oxygens (including phenoxy) is 1. The zero-order valence-corrected chi connectivity index (χ0v) is 15.4. The lowest BCUT2D eigenvalue weighted by atomic mass is 9.95. The van der Waals surface area contributed by atoms with Gasteiger partial charge in [-0.3, -0.25) is 9.59 Å². The minimum Gasteiger partial charge on any atom is -0.496 e. The lowest BCUT2D eigenvalue weighted by Gasteiger charge is -2.23. The Kier molecular flexibility index (Phi) is 5.86. The summed E-state index contributed by atoms with van der Waals surface area (Å²) >= 11 is 0. The van der Waals surface area contributed by atoms with Crippen molar-refractivity contribution < 1.29 is 14.3 Å². The van der Waals surface area contributed by atoms with Gasteiger partial charge in [-0.2, -0.15) is 0 Å². The van der Waals surface area contributed by atoms with Gasteiger partial charge in [0.2, 0.25) is 5.91 Å². The van der Waals surface area contributed by atoms with Crippen molar-refractivity contribution in [3.05, 3.63) is 28.8 Å². The third-order valence-corrected chi connectivity index (χ3v) is 4.66. The number of hydrogen-bond acceptors (Lipinski definition) is 3. The van der Waals surface area contributed by atoms with Gasteiger partial charge in [0.05, 0.1) is 7.11 Å². The van der Waals surface area contributed by atoms with Gasteiger partial charge in [-0.05, 0) is 42.5 Å². The molecule has 24 heavy (non-hydrogen) atoms. The Morgan fingerprint density at radius 1 is 1.08 bits per heavy atom. The molecule has 0 radical (unpaired) electrons. The normalized spacial score (nSPS) is 15.4. The minimum absolute atomic E-state index is 0.0439. The maximum absolute atomic E-state index is 13.0. The first-order valence-corrected chi connectivity index (χ1v) is 8.58. The number of rotatable bonds is 3. The van der Waals surface area contributed by atoms with E-state index in [1.807, 2.05) is 28.9 Å². The van der Waals surface area contributed by atoms with E-state index in [0.29, 0.717) is 19.6 Å². The topological polar surface area (TPSA) is 49.9 Å². The highest BCUT2D eigenvalue weighted by molar-refractivity contribution is 5.96. The Hall–Kier alpha value is -2.04. The van der Waals surface area contributed by atoms with Crippen LogP contribution in [0.25, 0.3) is 0 Å². The highest BCUT2D eigenvalue weighted by Gasteiger charge is 2.24. The molecule has 0 bridgehead atoms. The molecule has 0 spiro atoms. The second-order valence-corrected chi connectivity index (χ2v) is 6.72. The molecule has 1 aliphatic rings. The predicted octanol–water partition coefficient (Wildman–Crippen LogP) is 2.82. The average Bonchev–Trinajstić information content (AvgIpc) is 2.79. The summed E-state index contributed by atoms with van der Waals surface area (Å²) < 4.78 is 5.46. The van der Waals surface area contributed by atoms with E-state index in [0.717, 1.165) is 35.4 Å². The second kappa shape index (κ2) is 7.69. The summed E-state index contributed by atoms with van der Waals surface area (Å²) in [5.41, 5.74) is 2.70. The lowest BCUT2D eigenvalue weighted by molar-refractivity contribution is -0.128. The summed E-state index contributed by atoms with van der Waals surface area (Å²) in [6, 6.07) is 3.91. The second-order valence-electron chi connectivity index (χ2n) is 6.72. The van der Waals surface area contributed by atoms with Gasteiger partial charge in [0, 0.05) is 38.7 Å². The fourth-order valence-electron chi connectivity index (χ4n) is 3.16. The van der Waals surface area contributed by atoms with Crippen LogP contribution in [0.1, 0.15) is 54.6 Å². The van der Waals surface area contributed by atoms with Crippen molar-refractivity contribution in [3.63, 3.8) is 0 Å². The zero-order valence-electron chi connectivity index (χ0n) is 15.4. The van der Waals surface area contributed by atoms with E-state index in [-0.39, 0.29) is 17.7 Å². The monoisotopic (exact) mass is 332 g/mol. The molecular weight excluding hydrogens is 304 g/mol. The van der Waals surface area contributed by atoms with Crippen molar-refractivity contribution in [2.75, 3.05) is 33.3 Å². The fraction of sp³-hybridized carbons (Fsp3) is 0.579. The summed E-state index contributed by atoms with van der Waals surface area (Å²) in [5.74, 6) is 1.23. The SMILES string of the molecule is COc1cc(C)c(C(=O)N2CCCN(C(C)=O)CC2)cc1C(C)C. The number of nitrogens with zero attached hydrogens (tertiary/aromatic N) is 2. The largest absolute Gasteiger partial charge is 0.496 e. The third-order valence-electron chi connectivity index (χ3n) is 4.66. The van der Waals surface area contributed by atoms with Crippen LogP contribution in [0.5, 0.6) is 5.75 Å². The minimum atomic E-state index is 0.0439. The van der Waals surface area contributed by atoms with Crippen molar-refractivity contribution in [3.8, 4) is 5.75 Å². The van der Waals surface area contributed by atoms with E-state index < -0.39 is 0 Å². The lowest BCUT2D eigenvalue weighted by Crippen LogP contribution is -2.36. The van der Waals surface area contributed by atoms with Gasteiger partial charge in [-0.1, -0.05) is 13.8 Å². The summed E-state index contributed by atoms with van der Waals surface area (Å²) in [5, 5.41) is 0. The van der Waals surface area contributed by atoms with Crippen molar-refractivity contribution in [2.24, 2.45) is 0 Å². The standard InChI is InChI=1S/C19H28N2O3/c1-13(2)16-12-17(14(3)11-18(16)24-5)19(23)21-8-6-7-20(9-10-21)15(4)22/h11-13H,6-10H2,1-5H3. The van der Waals surface area contributed by atoms with Gasteiger partial charge < -0.3 is 14.5 Å². The first-order chi connectivity index (χ1) is 11.3. The van der Waals surface area contributed by atoms with Crippen molar-refractivity contribution in [1.29, 1.82) is 0 Å². The number of aryl methyl sites for hydroxylation is 1. The van der Waals surface area contributed by atoms with Crippen molar-refractivity contribution >= 4 is 11.8 Å². The van der Waals surface area contributed by atoms with Crippen LogP contribution in [0, 0.1) is 6.92 Å². The van der Waals surface area contributed by atoms with Crippen molar-refractivity contribution in [1.82, 2.24) is 9.80 Å². The molecule has 1 aromatic carbocycles. The zero-order chi connectivity index (χ0) is 17.9. The molecule has 5 heteroatoms. The summed E-state index contributed by atoms with van der Waals surface area (Å²) in [7, 11) is 1.66. The number of hydrogen-bond donors (Lipinski definition) is 0. The average molecular weight is 332 g/mol. The van der Waals surface area contributed by atoms with Crippen LogP contribution in [0.15, 0.2) is 12.1 Å². The molecule has 1 aromatic rings. The molecule has 0 atom stereocenters. The first-order valence-electron chi connectivity index (χ1n) is 8.58. The molecular formula is C19H28N2O3. The van der Waals surface area contributed by atoms with Crippen LogP contribution < -0.4 is 4.74 Å². The highest BCUT2D eigenvalue weighted by atomic mass is 16.5. The van der Waals surface area contributed by atoms with Gasteiger partial charge in [0.25, 0.3) is 5.91 Å². The predicted molar refractivity (Wildman–Crippen MR) is 94.6 cm³/mol. The third kappa shape index (κ3) is 3.89. The molecule has 1 aliphatic heterocycles. The van der Waals surface area contributed by atoms with Crippen LogP contribution in [0.4, 0.5) is 0 Å². The molecule has 132 valence electrons. The molecule has 0 aromatic heterocycles. The van der Waals surface area contributed by atoms with Crippen LogP contribution in [-0.4, -0.2) is 54.9 Å². The number of amides is 2. The summed E-state index contributed by atoms with van der Waals surface area (Å²) in [4.78, 5) is 28.2.